The van der Waals surface area contributed by atoms with Crippen LogP contribution in [0.15, 0.2) is 48.7 Å². The Kier molecular flexibility index (Phi) is 10.5. The van der Waals surface area contributed by atoms with Crippen molar-refractivity contribution in [1.82, 2.24) is 49.4 Å². The van der Waals surface area contributed by atoms with E-state index in [4.69, 9.17) is 25.9 Å². The van der Waals surface area contributed by atoms with E-state index in [0.717, 1.165) is 63.1 Å². The average molecular weight is 817 g/mol. The third-order valence-electron chi connectivity index (χ3n) is 10.8. The van der Waals surface area contributed by atoms with Gasteiger partial charge in [-0.15, -0.1) is 0 Å². The molecule has 0 unspecified atom stereocenters. The Morgan fingerprint density at radius 2 is 1.37 bits per heavy atom. The van der Waals surface area contributed by atoms with Gasteiger partial charge in [0.2, 0.25) is 23.7 Å². The standard InChI is InChI=1S/C40H44N14O6/c41-34(55)24-16-28-33(32(18-24)60-13-3-8-52-11-14-59-15-12-52)53(39(44-28)46-37(57)30-19-26(48-50-30)22-4-5-22)9-1-2-10-54-36-29(17-25(21-43-36)35(42)56)45-40(54)47-38(58)31-20-27(49-51-31)23-6-7-23/h1-2,16-23H,3-15H2,(H2,41,55)(H2,42,56)(H,48,50)(H,49,51)(H,44,46,57)(H,45,47,58)/b2-1+. The van der Waals surface area contributed by atoms with Crippen molar-refractivity contribution in [3.8, 4) is 5.75 Å². The highest BCUT2D eigenvalue weighted by molar-refractivity contribution is 6.04. The van der Waals surface area contributed by atoms with Crippen molar-refractivity contribution < 1.29 is 28.7 Å². The molecule has 60 heavy (non-hydrogen) atoms. The molecule has 1 saturated heterocycles. The number of allylic oxidation sites excluding steroid dienone is 2. The predicted molar refractivity (Wildman–Crippen MR) is 218 cm³/mol. The zero-order valence-electron chi connectivity index (χ0n) is 32.6. The lowest BCUT2D eigenvalue weighted by Gasteiger charge is -2.26. The number of fused-ring (bicyclic) bond motifs is 2. The van der Waals surface area contributed by atoms with Gasteiger partial charge in [-0.1, -0.05) is 12.2 Å². The van der Waals surface area contributed by atoms with Gasteiger partial charge in [0.05, 0.1) is 30.9 Å². The number of aromatic amines is 2. The summed E-state index contributed by atoms with van der Waals surface area (Å²) in [6.45, 7) is 4.61. The number of imidazole rings is 2. The fraction of sp³-hybridized carbons (Fsp3) is 0.375. The van der Waals surface area contributed by atoms with Crippen LogP contribution in [0.2, 0.25) is 0 Å². The van der Waals surface area contributed by atoms with Crippen LogP contribution in [0, 0.1) is 0 Å². The van der Waals surface area contributed by atoms with Crippen molar-refractivity contribution in [3.63, 3.8) is 0 Å². The zero-order valence-corrected chi connectivity index (χ0v) is 32.6. The molecule has 8 N–H and O–H groups in total. The van der Waals surface area contributed by atoms with Crippen molar-refractivity contribution >= 4 is 57.7 Å². The number of primary amides is 2. The number of nitrogens with one attached hydrogen (secondary N) is 4. The zero-order chi connectivity index (χ0) is 41.3. The second-order valence-corrected chi connectivity index (χ2v) is 15.2. The number of pyridine rings is 1. The summed E-state index contributed by atoms with van der Waals surface area (Å²) in [5.41, 5.74) is 15.6. The Labute approximate surface area is 342 Å². The van der Waals surface area contributed by atoms with Crippen molar-refractivity contribution in [3.05, 3.63) is 82.6 Å². The molecule has 2 aliphatic carbocycles. The van der Waals surface area contributed by atoms with Crippen LogP contribution in [-0.2, 0) is 17.8 Å². The van der Waals surface area contributed by atoms with Crippen LogP contribution in [-0.4, -0.2) is 112 Å². The number of hydrogen-bond acceptors (Lipinski definition) is 12. The van der Waals surface area contributed by atoms with Crippen molar-refractivity contribution in [2.75, 3.05) is 50.1 Å². The minimum absolute atomic E-state index is 0.167. The molecule has 310 valence electrons. The van der Waals surface area contributed by atoms with E-state index in [2.05, 4.69) is 45.9 Å². The first kappa shape index (κ1) is 38.6. The van der Waals surface area contributed by atoms with E-state index in [1.54, 1.807) is 33.4 Å². The van der Waals surface area contributed by atoms with Gasteiger partial charge in [0.15, 0.2) is 17.0 Å². The van der Waals surface area contributed by atoms with E-state index >= 15 is 0 Å². The summed E-state index contributed by atoms with van der Waals surface area (Å²) in [6, 6.07) is 8.16. The van der Waals surface area contributed by atoms with Crippen molar-refractivity contribution in [1.29, 1.82) is 0 Å². The highest BCUT2D eigenvalue weighted by atomic mass is 16.5. The number of aromatic nitrogens is 9. The van der Waals surface area contributed by atoms with E-state index < -0.39 is 23.6 Å². The van der Waals surface area contributed by atoms with Gasteiger partial charge in [-0.3, -0.25) is 49.5 Å². The van der Waals surface area contributed by atoms with Crippen LogP contribution in [0.5, 0.6) is 5.75 Å². The normalized spacial score (nSPS) is 15.9. The Morgan fingerprint density at radius 1 is 0.783 bits per heavy atom. The molecule has 5 aromatic heterocycles. The number of hydrogen-bond donors (Lipinski definition) is 6. The Hall–Kier alpha value is -6.93. The number of amides is 4. The first-order valence-corrected chi connectivity index (χ1v) is 20.0. The van der Waals surface area contributed by atoms with E-state index in [-0.39, 0.29) is 47.5 Å². The van der Waals surface area contributed by atoms with Gasteiger partial charge in [-0.05, 0) is 62.4 Å². The summed E-state index contributed by atoms with van der Waals surface area (Å²) in [6.07, 6.45) is 9.95. The second-order valence-electron chi connectivity index (χ2n) is 15.2. The predicted octanol–water partition coefficient (Wildman–Crippen LogP) is 3.04. The number of H-pyrrole nitrogens is 2. The van der Waals surface area contributed by atoms with Gasteiger partial charge in [-0.25, -0.2) is 15.0 Å². The van der Waals surface area contributed by atoms with Gasteiger partial charge in [0, 0.05) is 67.7 Å². The lowest BCUT2D eigenvalue weighted by atomic mass is 10.1. The fourth-order valence-corrected chi connectivity index (χ4v) is 7.27. The summed E-state index contributed by atoms with van der Waals surface area (Å²) < 4.78 is 15.3. The molecule has 3 aliphatic rings. The van der Waals surface area contributed by atoms with Crippen LogP contribution in [0.25, 0.3) is 22.2 Å². The number of carbonyl (C=O) groups excluding carboxylic acids is 4. The lowest BCUT2D eigenvalue weighted by Crippen LogP contribution is -2.37. The molecule has 3 fully saturated rings. The van der Waals surface area contributed by atoms with Crippen LogP contribution < -0.4 is 26.8 Å². The highest BCUT2D eigenvalue weighted by Gasteiger charge is 2.29. The lowest BCUT2D eigenvalue weighted by molar-refractivity contribution is 0.0358. The molecule has 0 bridgehead atoms. The summed E-state index contributed by atoms with van der Waals surface area (Å²) in [4.78, 5) is 67.5. The highest BCUT2D eigenvalue weighted by Crippen LogP contribution is 2.40. The van der Waals surface area contributed by atoms with Gasteiger partial charge >= 0.3 is 0 Å². The smallest absolute Gasteiger partial charge is 0.278 e. The number of ether oxygens (including phenoxy) is 2. The molecular weight excluding hydrogens is 773 g/mol. The van der Waals surface area contributed by atoms with Crippen LogP contribution in [0.4, 0.5) is 11.9 Å². The first-order chi connectivity index (χ1) is 29.2. The van der Waals surface area contributed by atoms with Gasteiger partial charge < -0.3 is 25.5 Å². The molecule has 0 atom stereocenters. The number of carbonyl (C=O) groups is 4. The number of nitrogens with zero attached hydrogens (tertiary/aromatic N) is 8. The fourth-order valence-electron chi connectivity index (χ4n) is 7.27. The third-order valence-corrected chi connectivity index (χ3v) is 10.8. The summed E-state index contributed by atoms with van der Waals surface area (Å²) >= 11 is 0. The number of morpholine rings is 1. The first-order valence-electron chi connectivity index (χ1n) is 20.0. The number of benzene rings is 1. The van der Waals surface area contributed by atoms with E-state index in [9.17, 15) is 19.2 Å². The van der Waals surface area contributed by atoms with Gasteiger partial charge in [0.25, 0.3) is 11.8 Å². The second kappa shape index (κ2) is 16.4. The molecule has 1 aromatic carbocycles. The average Bonchev–Trinajstić information content (AvgIpc) is 4.09. The number of rotatable bonds is 17. The summed E-state index contributed by atoms with van der Waals surface area (Å²) in [5, 5.41) is 20.1. The van der Waals surface area contributed by atoms with Crippen LogP contribution in [0.3, 0.4) is 0 Å². The monoisotopic (exact) mass is 816 g/mol. The molecule has 20 heteroatoms. The minimum Gasteiger partial charge on any atom is -0.491 e. The van der Waals surface area contributed by atoms with Crippen molar-refractivity contribution in [2.24, 2.45) is 11.5 Å². The molecule has 4 amide bonds. The maximum absolute atomic E-state index is 13.6. The molecule has 9 rings (SSSR count). The van der Waals surface area contributed by atoms with Crippen LogP contribution in [0.1, 0.15) is 97.0 Å². The Bertz CT molecular complexity index is 2640. The quantitative estimate of drug-likeness (QED) is 0.0573. The van der Waals surface area contributed by atoms with Crippen LogP contribution >= 0.6 is 0 Å². The van der Waals surface area contributed by atoms with E-state index in [1.807, 2.05) is 12.2 Å². The minimum atomic E-state index is -0.664. The molecule has 20 nitrogen and oxygen atoms in total. The summed E-state index contributed by atoms with van der Waals surface area (Å²) in [7, 11) is 0. The number of anilines is 2. The van der Waals surface area contributed by atoms with E-state index in [0.29, 0.717) is 59.6 Å². The Morgan fingerprint density at radius 3 is 1.98 bits per heavy atom. The molecule has 6 aromatic rings. The maximum atomic E-state index is 13.6. The topological polar surface area (TPSA) is 272 Å². The summed E-state index contributed by atoms with van der Waals surface area (Å²) in [5.74, 6) is -0.735. The number of nitrogens with two attached hydrogens (primary N) is 2. The Balaban J connectivity index is 1.01. The molecule has 0 radical (unpaired) electrons. The molecule has 6 heterocycles. The third kappa shape index (κ3) is 8.32. The maximum Gasteiger partial charge on any atom is 0.278 e. The van der Waals surface area contributed by atoms with Crippen molar-refractivity contribution in [2.45, 2.75) is 57.0 Å². The molecule has 0 spiro atoms. The largest absolute Gasteiger partial charge is 0.491 e. The molecule has 1 aliphatic heterocycles. The molecule has 2 saturated carbocycles. The van der Waals surface area contributed by atoms with Gasteiger partial charge in [0.1, 0.15) is 16.8 Å². The van der Waals surface area contributed by atoms with E-state index in [1.165, 1.54) is 12.3 Å². The SMILES string of the molecule is NC(=O)c1cnc2c(c1)nc(NC(=O)c1cc(C3CC3)[nH]n1)n2C/C=C/Cn1c(NC(=O)c2cc(C3CC3)[nH]n2)nc2cc(C(N)=O)cc(OCCCN3CCOCC3)c21. The molecular formula is C40H44N14O6. The van der Waals surface area contributed by atoms with Gasteiger partial charge in [-0.2, -0.15) is 10.2 Å².